The van der Waals surface area contributed by atoms with Gasteiger partial charge in [-0.2, -0.15) is 5.10 Å². The molecule has 0 saturated carbocycles. The minimum Gasteiger partial charge on any atom is -0.373 e. The van der Waals surface area contributed by atoms with Gasteiger partial charge in [0.25, 0.3) is 11.5 Å². The zero-order valence-electron chi connectivity index (χ0n) is 13.5. The molecule has 2 rings (SSSR count). The van der Waals surface area contributed by atoms with Gasteiger partial charge in [-0.25, -0.2) is 5.10 Å². The fraction of sp³-hybridized carbons (Fsp3) is 0.667. The number of morpholine rings is 1. The number of ether oxygens (including phenoxy) is 1. The standard InChI is InChI=1S/C15H24N4O3/c1-10-7-19(8-11(2)22-10)15(3,4)9-16-14(21)12-5-6-13(20)18-17-12/h5-6,10-11H,7-9H2,1-4H3,(H,16,21)(H,18,20)/t10-,11-/m0/s1. The topological polar surface area (TPSA) is 87.3 Å². The van der Waals surface area contributed by atoms with Crippen LogP contribution in [-0.4, -0.2) is 58.4 Å². The number of carbonyl (C=O) groups excluding carboxylic acids is 1. The van der Waals surface area contributed by atoms with Gasteiger partial charge < -0.3 is 10.1 Å². The zero-order valence-corrected chi connectivity index (χ0v) is 13.5. The maximum Gasteiger partial charge on any atom is 0.271 e. The molecule has 22 heavy (non-hydrogen) atoms. The van der Waals surface area contributed by atoms with Crippen LogP contribution in [-0.2, 0) is 4.74 Å². The second-order valence-corrected chi connectivity index (χ2v) is 6.46. The van der Waals surface area contributed by atoms with Crippen LogP contribution in [0.2, 0.25) is 0 Å². The van der Waals surface area contributed by atoms with Crippen molar-refractivity contribution in [1.29, 1.82) is 0 Å². The van der Waals surface area contributed by atoms with E-state index in [4.69, 9.17) is 4.74 Å². The average molecular weight is 308 g/mol. The summed E-state index contributed by atoms with van der Waals surface area (Å²) in [5, 5.41) is 8.87. The van der Waals surface area contributed by atoms with Crippen molar-refractivity contribution in [2.75, 3.05) is 19.6 Å². The van der Waals surface area contributed by atoms with E-state index in [1.54, 1.807) is 0 Å². The molecule has 1 aromatic rings. The van der Waals surface area contributed by atoms with Gasteiger partial charge >= 0.3 is 0 Å². The molecule has 1 aromatic heterocycles. The summed E-state index contributed by atoms with van der Waals surface area (Å²) in [6, 6.07) is 2.71. The first kappa shape index (κ1) is 16.6. The lowest BCUT2D eigenvalue weighted by atomic mass is 10.00. The highest BCUT2D eigenvalue weighted by Gasteiger charge is 2.33. The first-order chi connectivity index (χ1) is 10.3. The Hall–Kier alpha value is -1.73. The Morgan fingerprint density at radius 1 is 1.41 bits per heavy atom. The maximum absolute atomic E-state index is 12.1. The molecular formula is C15H24N4O3. The van der Waals surface area contributed by atoms with Gasteiger partial charge in [0.1, 0.15) is 5.69 Å². The number of nitrogens with zero attached hydrogens (tertiary/aromatic N) is 2. The van der Waals surface area contributed by atoms with Crippen LogP contribution in [0.1, 0.15) is 38.2 Å². The van der Waals surface area contributed by atoms with Crippen molar-refractivity contribution in [3.63, 3.8) is 0 Å². The van der Waals surface area contributed by atoms with Gasteiger partial charge in [0.15, 0.2) is 0 Å². The van der Waals surface area contributed by atoms with Gasteiger partial charge in [0.2, 0.25) is 0 Å². The summed E-state index contributed by atoms with van der Waals surface area (Å²) < 4.78 is 5.74. The number of amides is 1. The minimum absolute atomic E-state index is 0.180. The lowest BCUT2D eigenvalue weighted by Gasteiger charge is -2.45. The van der Waals surface area contributed by atoms with Crippen molar-refractivity contribution in [2.24, 2.45) is 0 Å². The first-order valence-corrected chi connectivity index (χ1v) is 7.52. The Labute approximate surface area is 130 Å². The number of H-pyrrole nitrogens is 1. The lowest BCUT2D eigenvalue weighted by molar-refractivity contribution is -0.0948. The van der Waals surface area contributed by atoms with Crippen molar-refractivity contribution in [1.82, 2.24) is 20.4 Å². The second kappa shape index (κ2) is 6.58. The van der Waals surface area contributed by atoms with E-state index >= 15 is 0 Å². The van der Waals surface area contributed by atoms with E-state index in [-0.39, 0.29) is 34.9 Å². The quantitative estimate of drug-likeness (QED) is 0.840. The largest absolute Gasteiger partial charge is 0.373 e. The van der Waals surface area contributed by atoms with Crippen LogP contribution in [0.5, 0.6) is 0 Å². The van der Waals surface area contributed by atoms with Crippen LogP contribution in [0.4, 0.5) is 0 Å². The highest BCUT2D eigenvalue weighted by atomic mass is 16.5. The van der Waals surface area contributed by atoms with Crippen LogP contribution in [0.15, 0.2) is 16.9 Å². The predicted octanol–water partition coefficient (Wildman–Crippen LogP) is 0.388. The molecule has 1 saturated heterocycles. The number of carbonyl (C=O) groups is 1. The molecule has 0 radical (unpaired) electrons. The number of nitrogens with one attached hydrogen (secondary N) is 2. The van der Waals surface area contributed by atoms with E-state index in [0.29, 0.717) is 6.54 Å². The molecule has 2 atom stereocenters. The van der Waals surface area contributed by atoms with E-state index < -0.39 is 0 Å². The van der Waals surface area contributed by atoms with Crippen LogP contribution in [0, 0.1) is 0 Å². The molecule has 0 aliphatic carbocycles. The van der Waals surface area contributed by atoms with E-state index in [1.165, 1.54) is 12.1 Å². The summed E-state index contributed by atoms with van der Waals surface area (Å²) in [6.45, 7) is 10.5. The number of hydrogen-bond acceptors (Lipinski definition) is 5. The van der Waals surface area contributed by atoms with Gasteiger partial charge in [-0.15, -0.1) is 0 Å². The molecule has 1 amide bonds. The SMILES string of the molecule is C[C@H]1CN(C(C)(C)CNC(=O)c2ccc(=O)[nH]n2)C[C@H](C)O1. The number of aromatic nitrogens is 2. The van der Waals surface area contributed by atoms with E-state index in [9.17, 15) is 9.59 Å². The van der Waals surface area contributed by atoms with E-state index in [2.05, 4.69) is 48.1 Å². The van der Waals surface area contributed by atoms with Crippen molar-refractivity contribution in [3.8, 4) is 0 Å². The average Bonchev–Trinajstić information content (AvgIpc) is 2.44. The molecule has 0 spiro atoms. The summed E-state index contributed by atoms with van der Waals surface area (Å²) in [5.74, 6) is -0.293. The first-order valence-electron chi connectivity index (χ1n) is 7.52. The molecule has 7 heteroatoms. The highest BCUT2D eigenvalue weighted by molar-refractivity contribution is 5.92. The van der Waals surface area contributed by atoms with Crippen molar-refractivity contribution in [3.05, 3.63) is 28.2 Å². The normalized spacial score (nSPS) is 23.3. The van der Waals surface area contributed by atoms with Gasteiger partial charge in [0.05, 0.1) is 12.2 Å². The summed E-state index contributed by atoms with van der Waals surface area (Å²) in [6.07, 6.45) is 0.360. The van der Waals surface area contributed by atoms with Crippen LogP contribution in [0.3, 0.4) is 0 Å². The molecular weight excluding hydrogens is 284 g/mol. The monoisotopic (exact) mass is 308 g/mol. The number of rotatable bonds is 4. The third kappa shape index (κ3) is 4.14. The third-order valence-electron chi connectivity index (χ3n) is 3.87. The summed E-state index contributed by atoms with van der Waals surface area (Å²) in [5.41, 5.74) is -0.309. The fourth-order valence-corrected chi connectivity index (χ4v) is 2.64. The fourth-order valence-electron chi connectivity index (χ4n) is 2.64. The van der Waals surface area contributed by atoms with Crippen LogP contribution in [0.25, 0.3) is 0 Å². The van der Waals surface area contributed by atoms with E-state index in [1.807, 2.05) is 0 Å². The van der Waals surface area contributed by atoms with Gasteiger partial charge in [-0.1, -0.05) is 0 Å². The molecule has 0 aromatic carbocycles. The van der Waals surface area contributed by atoms with Gasteiger partial charge in [0, 0.05) is 31.2 Å². The molecule has 1 fully saturated rings. The molecule has 122 valence electrons. The molecule has 2 heterocycles. The summed E-state index contributed by atoms with van der Waals surface area (Å²) >= 11 is 0. The molecule has 0 unspecified atom stereocenters. The minimum atomic E-state index is -0.326. The van der Waals surface area contributed by atoms with Crippen molar-refractivity contribution in [2.45, 2.75) is 45.4 Å². The van der Waals surface area contributed by atoms with Crippen molar-refractivity contribution >= 4 is 5.91 Å². The van der Waals surface area contributed by atoms with Crippen LogP contribution >= 0.6 is 0 Å². The Morgan fingerprint density at radius 3 is 2.59 bits per heavy atom. The Morgan fingerprint density at radius 2 is 2.05 bits per heavy atom. The Bertz CT molecular complexity index is 554. The molecule has 0 bridgehead atoms. The smallest absolute Gasteiger partial charge is 0.271 e. The maximum atomic E-state index is 12.1. The summed E-state index contributed by atoms with van der Waals surface area (Å²) in [7, 11) is 0. The number of aromatic amines is 1. The summed E-state index contributed by atoms with van der Waals surface area (Å²) in [4.78, 5) is 25.4. The molecule has 2 N–H and O–H groups in total. The van der Waals surface area contributed by atoms with Crippen LogP contribution < -0.4 is 10.9 Å². The zero-order chi connectivity index (χ0) is 16.3. The highest BCUT2D eigenvalue weighted by Crippen LogP contribution is 2.20. The second-order valence-electron chi connectivity index (χ2n) is 6.46. The van der Waals surface area contributed by atoms with Crippen molar-refractivity contribution < 1.29 is 9.53 Å². The molecule has 1 aliphatic heterocycles. The Kier molecular flexibility index (Phi) is 4.97. The van der Waals surface area contributed by atoms with E-state index in [0.717, 1.165) is 13.1 Å². The lowest BCUT2D eigenvalue weighted by Crippen LogP contribution is -2.58. The van der Waals surface area contributed by atoms with Gasteiger partial charge in [-0.05, 0) is 33.8 Å². The Balaban J connectivity index is 1.95. The third-order valence-corrected chi connectivity index (χ3v) is 3.87. The van der Waals surface area contributed by atoms with Gasteiger partial charge in [-0.3, -0.25) is 14.5 Å². The molecule has 7 nitrogen and oxygen atoms in total. The predicted molar refractivity (Wildman–Crippen MR) is 82.9 cm³/mol. The number of hydrogen-bond donors (Lipinski definition) is 2. The molecule has 1 aliphatic rings.